The zero-order chi connectivity index (χ0) is 7.11. The number of rotatable bonds is 5. The van der Waals surface area contributed by atoms with Crippen LogP contribution in [0.1, 0.15) is 20.3 Å². The van der Waals surface area contributed by atoms with E-state index in [1.807, 2.05) is 7.05 Å². The first-order valence-corrected chi connectivity index (χ1v) is 3.69. The highest BCUT2D eigenvalue weighted by atomic mass is 15.0. The third-order valence-electron chi connectivity index (χ3n) is 1.25. The maximum absolute atomic E-state index is 3.37. The second-order valence-electron chi connectivity index (χ2n) is 2.41. The second-order valence-corrected chi connectivity index (χ2v) is 2.41. The smallest absolute Gasteiger partial charge is 0.0164 e. The van der Waals surface area contributed by atoms with E-state index in [9.17, 15) is 0 Å². The molecule has 0 fully saturated rings. The summed E-state index contributed by atoms with van der Waals surface area (Å²) in [5.41, 5.74) is 0. The van der Waals surface area contributed by atoms with Crippen molar-refractivity contribution in [1.82, 2.24) is 10.6 Å². The van der Waals surface area contributed by atoms with Gasteiger partial charge >= 0.3 is 0 Å². The van der Waals surface area contributed by atoms with Gasteiger partial charge in [0.05, 0.1) is 0 Å². The van der Waals surface area contributed by atoms with Gasteiger partial charge in [-0.05, 0) is 26.9 Å². The van der Waals surface area contributed by atoms with Crippen LogP contribution in [0.25, 0.3) is 0 Å². The minimum atomic E-state index is 0.606. The fourth-order valence-electron chi connectivity index (χ4n) is 0.769. The molecule has 9 heavy (non-hydrogen) atoms. The maximum atomic E-state index is 3.37. The maximum Gasteiger partial charge on any atom is 0.0164 e. The summed E-state index contributed by atoms with van der Waals surface area (Å²) in [4.78, 5) is 0. The normalized spacial score (nSPS) is 13.7. The molecule has 0 saturated heterocycles. The molecule has 2 nitrogen and oxygen atoms in total. The molecule has 0 radical (unpaired) electrons. The van der Waals surface area contributed by atoms with Crippen molar-refractivity contribution < 1.29 is 0 Å². The van der Waals surface area contributed by atoms with Crippen LogP contribution in [-0.2, 0) is 0 Å². The summed E-state index contributed by atoms with van der Waals surface area (Å²) in [7, 11) is 1.98. The molecule has 2 heteroatoms. The summed E-state index contributed by atoms with van der Waals surface area (Å²) in [6, 6.07) is 0.606. The predicted octanol–water partition coefficient (Wildman–Crippen LogP) is 0.594. The van der Waals surface area contributed by atoms with E-state index < -0.39 is 0 Å². The molecule has 56 valence electrons. The third kappa shape index (κ3) is 5.80. The van der Waals surface area contributed by atoms with Gasteiger partial charge in [-0.2, -0.15) is 0 Å². The van der Waals surface area contributed by atoms with Gasteiger partial charge < -0.3 is 10.6 Å². The largest absolute Gasteiger partial charge is 0.318 e. The van der Waals surface area contributed by atoms with Gasteiger partial charge in [-0.3, -0.25) is 0 Å². The van der Waals surface area contributed by atoms with E-state index in [4.69, 9.17) is 0 Å². The highest BCUT2D eigenvalue weighted by Crippen LogP contribution is 1.78. The van der Waals surface area contributed by atoms with Gasteiger partial charge in [0, 0.05) is 12.6 Å². The van der Waals surface area contributed by atoms with Gasteiger partial charge in [0.1, 0.15) is 0 Å². The molecule has 1 unspecified atom stereocenters. The van der Waals surface area contributed by atoms with E-state index in [1.165, 1.54) is 6.42 Å². The Labute approximate surface area is 58.0 Å². The van der Waals surface area contributed by atoms with Crippen molar-refractivity contribution in [2.45, 2.75) is 26.3 Å². The third-order valence-corrected chi connectivity index (χ3v) is 1.25. The van der Waals surface area contributed by atoms with Crippen LogP contribution in [0.15, 0.2) is 0 Å². The van der Waals surface area contributed by atoms with E-state index >= 15 is 0 Å². The molecule has 2 N–H and O–H groups in total. The number of nitrogens with one attached hydrogen (secondary N) is 2. The summed E-state index contributed by atoms with van der Waals surface area (Å²) in [5.74, 6) is 0. The van der Waals surface area contributed by atoms with Crippen LogP contribution in [0.5, 0.6) is 0 Å². The molecular weight excluding hydrogens is 112 g/mol. The molecule has 0 heterocycles. The van der Waals surface area contributed by atoms with Crippen LogP contribution in [0.3, 0.4) is 0 Å². The van der Waals surface area contributed by atoms with E-state index in [2.05, 4.69) is 24.5 Å². The Balaban J connectivity index is 2.95. The van der Waals surface area contributed by atoms with Gasteiger partial charge in [0.25, 0.3) is 0 Å². The fraction of sp³-hybridized carbons (Fsp3) is 1.00. The monoisotopic (exact) mass is 130 g/mol. The average Bonchev–Trinajstić information content (AvgIpc) is 1.85. The van der Waals surface area contributed by atoms with Gasteiger partial charge in [-0.1, -0.05) is 6.92 Å². The molecule has 0 amide bonds. The summed E-state index contributed by atoms with van der Waals surface area (Å²) < 4.78 is 0. The van der Waals surface area contributed by atoms with Crippen LogP contribution in [0.4, 0.5) is 0 Å². The molecule has 0 rings (SSSR count). The van der Waals surface area contributed by atoms with Crippen molar-refractivity contribution in [2.24, 2.45) is 0 Å². The van der Waals surface area contributed by atoms with Gasteiger partial charge in [-0.15, -0.1) is 0 Å². The first-order valence-electron chi connectivity index (χ1n) is 3.69. The number of likely N-dealkylation sites (N-methyl/N-ethyl adjacent to an activating group) is 1. The van der Waals surface area contributed by atoms with Gasteiger partial charge in [0.15, 0.2) is 0 Å². The molecule has 0 bridgehead atoms. The van der Waals surface area contributed by atoms with Crippen molar-refractivity contribution >= 4 is 0 Å². The highest BCUT2D eigenvalue weighted by molar-refractivity contribution is 4.60. The lowest BCUT2D eigenvalue weighted by atomic mass is 10.3. The van der Waals surface area contributed by atoms with E-state index in [0.29, 0.717) is 6.04 Å². The Morgan fingerprint density at radius 3 is 2.56 bits per heavy atom. The van der Waals surface area contributed by atoms with E-state index in [-0.39, 0.29) is 0 Å². The zero-order valence-corrected chi connectivity index (χ0v) is 6.70. The molecule has 0 aliphatic carbocycles. The topological polar surface area (TPSA) is 24.1 Å². The summed E-state index contributed by atoms with van der Waals surface area (Å²) in [6.07, 6.45) is 1.22. The van der Waals surface area contributed by atoms with Crippen molar-refractivity contribution in [3.8, 4) is 0 Å². The lowest BCUT2D eigenvalue weighted by Gasteiger charge is -2.11. The SMILES string of the molecule is CCCNC(C)CNC. The molecule has 0 spiro atoms. The molecule has 0 aliphatic heterocycles. The Kier molecular flexibility index (Phi) is 5.99. The molecule has 0 aliphatic rings. The average molecular weight is 130 g/mol. The second kappa shape index (κ2) is 6.05. The molecular formula is C7H18N2. The van der Waals surface area contributed by atoms with Gasteiger partial charge in [-0.25, -0.2) is 0 Å². The van der Waals surface area contributed by atoms with Gasteiger partial charge in [0.2, 0.25) is 0 Å². The Bertz CT molecular complexity index is 54.9. The molecule has 0 aromatic heterocycles. The van der Waals surface area contributed by atoms with Crippen molar-refractivity contribution in [3.63, 3.8) is 0 Å². The lowest BCUT2D eigenvalue weighted by Crippen LogP contribution is -2.35. The molecule has 1 atom stereocenters. The summed E-state index contributed by atoms with van der Waals surface area (Å²) >= 11 is 0. The van der Waals surface area contributed by atoms with Crippen LogP contribution in [0, 0.1) is 0 Å². The first-order chi connectivity index (χ1) is 4.31. The van der Waals surface area contributed by atoms with Crippen molar-refractivity contribution in [2.75, 3.05) is 20.1 Å². The van der Waals surface area contributed by atoms with Crippen molar-refractivity contribution in [1.29, 1.82) is 0 Å². The molecule has 0 saturated carbocycles. The zero-order valence-electron chi connectivity index (χ0n) is 6.70. The Morgan fingerprint density at radius 2 is 2.11 bits per heavy atom. The summed E-state index contributed by atoms with van der Waals surface area (Å²) in [5, 5.41) is 6.48. The number of hydrogen-bond donors (Lipinski definition) is 2. The Morgan fingerprint density at radius 1 is 1.44 bits per heavy atom. The van der Waals surface area contributed by atoms with Crippen LogP contribution < -0.4 is 10.6 Å². The fourth-order valence-corrected chi connectivity index (χ4v) is 0.769. The summed E-state index contributed by atoms with van der Waals surface area (Å²) in [6.45, 7) is 6.55. The molecule has 0 aromatic rings. The lowest BCUT2D eigenvalue weighted by molar-refractivity contribution is 0.522. The quantitative estimate of drug-likeness (QED) is 0.569. The standard InChI is InChI=1S/C7H18N2/c1-4-5-9-7(2)6-8-3/h7-9H,4-6H2,1-3H3. The Hall–Kier alpha value is -0.0800. The minimum absolute atomic E-state index is 0.606. The molecule has 0 aromatic carbocycles. The predicted molar refractivity (Wildman–Crippen MR) is 41.7 cm³/mol. The minimum Gasteiger partial charge on any atom is -0.318 e. The van der Waals surface area contributed by atoms with Crippen molar-refractivity contribution in [3.05, 3.63) is 0 Å². The van der Waals surface area contributed by atoms with E-state index in [0.717, 1.165) is 13.1 Å². The highest BCUT2D eigenvalue weighted by Gasteiger charge is 1.94. The number of hydrogen-bond acceptors (Lipinski definition) is 2. The van der Waals surface area contributed by atoms with Crippen LogP contribution in [-0.4, -0.2) is 26.2 Å². The first kappa shape index (κ1) is 8.92. The van der Waals surface area contributed by atoms with Crippen LogP contribution in [0.2, 0.25) is 0 Å². The van der Waals surface area contributed by atoms with E-state index in [1.54, 1.807) is 0 Å². The van der Waals surface area contributed by atoms with Crippen LogP contribution >= 0.6 is 0 Å².